The number of ether oxygens (including phenoxy) is 1. The average Bonchev–Trinajstić information content (AvgIpc) is 2.82. The van der Waals surface area contributed by atoms with Crippen molar-refractivity contribution in [2.75, 3.05) is 13.2 Å². The van der Waals surface area contributed by atoms with Crippen molar-refractivity contribution in [2.24, 2.45) is 0 Å². The van der Waals surface area contributed by atoms with Gasteiger partial charge in [-0.15, -0.1) is 0 Å². The summed E-state index contributed by atoms with van der Waals surface area (Å²) < 4.78 is 5.43. The highest BCUT2D eigenvalue weighted by Gasteiger charge is 2.08. The predicted molar refractivity (Wildman–Crippen MR) is 79.6 cm³/mol. The van der Waals surface area contributed by atoms with Gasteiger partial charge < -0.3 is 4.74 Å². The monoisotopic (exact) mass is 244 g/mol. The number of rotatable bonds is 7. The van der Waals surface area contributed by atoms with Crippen molar-refractivity contribution in [2.45, 2.75) is 33.1 Å². The second-order valence-corrected chi connectivity index (χ2v) is 4.56. The van der Waals surface area contributed by atoms with Gasteiger partial charge >= 0.3 is 0 Å². The van der Waals surface area contributed by atoms with E-state index in [2.05, 4.69) is 31.7 Å². The molecule has 0 bridgehead atoms. The van der Waals surface area contributed by atoms with Crippen LogP contribution in [-0.2, 0) is 4.74 Å². The van der Waals surface area contributed by atoms with Crippen LogP contribution in [0, 0.1) is 0 Å². The van der Waals surface area contributed by atoms with Gasteiger partial charge in [0.15, 0.2) is 0 Å². The lowest BCUT2D eigenvalue weighted by atomic mass is 10.1. The molecule has 0 N–H and O–H groups in total. The number of hydrogen-bond acceptors (Lipinski definition) is 1. The molecule has 1 heteroatoms. The Hall–Kier alpha value is -1.34. The van der Waals surface area contributed by atoms with E-state index in [9.17, 15) is 0 Å². The fraction of sp³-hybridized carbons (Fsp3) is 0.412. The highest BCUT2D eigenvalue weighted by Crippen LogP contribution is 2.24. The molecule has 1 aliphatic rings. The third-order valence-electron chi connectivity index (χ3n) is 2.93. The Morgan fingerprint density at radius 1 is 1.39 bits per heavy atom. The van der Waals surface area contributed by atoms with Crippen LogP contribution in [0.25, 0.3) is 0 Å². The van der Waals surface area contributed by atoms with Crippen LogP contribution < -0.4 is 0 Å². The van der Waals surface area contributed by atoms with Gasteiger partial charge in [-0.3, -0.25) is 0 Å². The van der Waals surface area contributed by atoms with E-state index < -0.39 is 0 Å². The maximum atomic E-state index is 5.43. The van der Waals surface area contributed by atoms with Crippen LogP contribution in [0.4, 0.5) is 0 Å². The first-order chi connectivity index (χ1) is 8.76. The maximum absolute atomic E-state index is 5.43. The zero-order valence-corrected chi connectivity index (χ0v) is 11.6. The van der Waals surface area contributed by atoms with Crippen LogP contribution in [-0.4, -0.2) is 13.2 Å². The third kappa shape index (κ3) is 5.83. The summed E-state index contributed by atoms with van der Waals surface area (Å²) >= 11 is 0. The SMILES string of the molecule is C=C/C=C/C=C(/C)C/C=C1\C=C(COCC)CC1. The smallest absolute Gasteiger partial charge is 0.0679 e. The molecule has 0 saturated heterocycles. The van der Waals surface area contributed by atoms with Gasteiger partial charge in [-0.25, -0.2) is 0 Å². The molecule has 1 aliphatic carbocycles. The molecule has 0 unspecified atom stereocenters. The topological polar surface area (TPSA) is 9.23 Å². The van der Waals surface area contributed by atoms with Gasteiger partial charge in [-0.2, -0.15) is 0 Å². The average molecular weight is 244 g/mol. The van der Waals surface area contributed by atoms with Gasteiger partial charge in [0.25, 0.3) is 0 Å². The third-order valence-corrected chi connectivity index (χ3v) is 2.93. The number of hydrogen-bond donors (Lipinski definition) is 0. The summed E-state index contributed by atoms with van der Waals surface area (Å²) in [4.78, 5) is 0. The normalized spacial score (nSPS) is 18.7. The minimum Gasteiger partial charge on any atom is -0.377 e. The minimum atomic E-state index is 0.796. The van der Waals surface area contributed by atoms with Crippen molar-refractivity contribution < 1.29 is 4.74 Å². The Bertz CT molecular complexity index is 380. The maximum Gasteiger partial charge on any atom is 0.0679 e. The summed E-state index contributed by atoms with van der Waals surface area (Å²) in [7, 11) is 0. The van der Waals surface area contributed by atoms with Gasteiger partial charge in [0.1, 0.15) is 0 Å². The van der Waals surface area contributed by atoms with Crippen LogP contribution in [0.5, 0.6) is 0 Å². The Labute approximate surface area is 111 Å². The molecule has 0 aliphatic heterocycles. The molecular weight excluding hydrogens is 220 g/mol. The molecule has 0 aromatic heterocycles. The largest absolute Gasteiger partial charge is 0.377 e. The molecule has 0 amide bonds. The molecule has 18 heavy (non-hydrogen) atoms. The molecule has 0 spiro atoms. The lowest BCUT2D eigenvalue weighted by molar-refractivity contribution is 0.169. The summed E-state index contributed by atoms with van der Waals surface area (Å²) in [5.41, 5.74) is 4.24. The minimum absolute atomic E-state index is 0.796. The van der Waals surface area contributed by atoms with Crippen LogP contribution in [0.1, 0.15) is 33.1 Å². The van der Waals surface area contributed by atoms with Gasteiger partial charge in [0.05, 0.1) is 6.61 Å². The van der Waals surface area contributed by atoms with Crippen molar-refractivity contribution in [3.63, 3.8) is 0 Å². The van der Waals surface area contributed by atoms with Crippen LogP contribution in [0.15, 0.2) is 59.8 Å². The van der Waals surface area contributed by atoms with Crippen molar-refractivity contribution in [3.8, 4) is 0 Å². The fourth-order valence-electron chi connectivity index (χ4n) is 1.88. The van der Waals surface area contributed by atoms with Crippen molar-refractivity contribution >= 4 is 0 Å². The second kappa shape index (κ2) is 8.71. The van der Waals surface area contributed by atoms with Gasteiger partial charge in [0.2, 0.25) is 0 Å². The van der Waals surface area contributed by atoms with Gasteiger partial charge in [-0.05, 0) is 38.7 Å². The molecule has 0 aromatic carbocycles. The van der Waals surface area contributed by atoms with E-state index in [4.69, 9.17) is 4.74 Å². The molecule has 0 atom stereocenters. The first-order valence-electron chi connectivity index (χ1n) is 6.67. The standard InChI is InChI=1S/C17H24O/c1-4-6-7-8-15(3)9-10-16-11-12-17(13-16)14-18-5-2/h4,6-8,10,13H,1,5,9,11-12,14H2,2-3H3/b7-6+,15-8-,16-10-. The van der Waals surface area contributed by atoms with E-state index >= 15 is 0 Å². The van der Waals surface area contributed by atoms with Crippen LogP contribution in [0.3, 0.4) is 0 Å². The Kier molecular flexibility index (Phi) is 7.12. The molecule has 0 aromatic rings. The Morgan fingerprint density at radius 2 is 2.22 bits per heavy atom. The molecule has 0 heterocycles. The van der Waals surface area contributed by atoms with Crippen molar-refractivity contribution in [3.05, 3.63) is 59.8 Å². The molecule has 0 saturated carbocycles. The summed E-state index contributed by atoms with van der Waals surface area (Å²) in [6.07, 6.45) is 15.9. The van der Waals surface area contributed by atoms with Gasteiger partial charge in [0, 0.05) is 6.61 Å². The number of allylic oxidation sites excluding steroid dienone is 8. The molecule has 0 radical (unpaired) electrons. The molecule has 0 fully saturated rings. The molecular formula is C17H24O. The first-order valence-corrected chi connectivity index (χ1v) is 6.67. The Morgan fingerprint density at radius 3 is 2.94 bits per heavy atom. The summed E-state index contributed by atoms with van der Waals surface area (Å²) in [6, 6.07) is 0. The van der Waals surface area contributed by atoms with E-state index in [1.807, 2.05) is 19.1 Å². The summed E-state index contributed by atoms with van der Waals surface area (Å²) in [5.74, 6) is 0. The highest BCUT2D eigenvalue weighted by molar-refractivity contribution is 5.32. The summed E-state index contributed by atoms with van der Waals surface area (Å²) in [6.45, 7) is 9.44. The molecule has 98 valence electrons. The lowest BCUT2D eigenvalue weighted by Crippen LogP contribution is -1.94. The molecule has 1 rings (SSSR count). The zero-order chi connectivity index (χ0) is 13.2. The van der Waals surface area contributed by atoms with E-state index in [-0.39, 0.29) is 0 Å². The van der Waals surface area contributed by atoms with Crippen LogP contribution >= 0.6 is 0 Å². The summed E-state index contributed by atoms with van der Waals surface area (Å²) in [5, 5.41) is 0. The van der Waals surface area contributed by atoms with Crippen molar-refractivity contribution in [1.29, 1.82) is 0 Å². The zero-order valence-electron chi connectivity index (χ0n) is 11.6. The van der Waals surface area contributed by atoms with Crippen molar-refractivity contribution in [1.82, 2.24) is 0 Å². The van der Waals surface area contributed by atoms with E-state index in [1.54, 1.807) is 6.08 Å². The second-order valence-electron chi connectivity index (χ2n) is 4.56. The fourth-order valence-corrected chi connectivity index (χ4v) is 1.88. The lowest BCUT2D eigenvalue weighted by Gasteiger charge is -1.99. The van der Waals surface area contributed by atoms with E-state index in [0.29, 0.717) is 0 Å². The van der Waals surface area contributed by atoms with E-state index in [1.165, 1.54) is 16.7 Å². The Balaban J connectivity index is 2.44. The predicted octanol–water partition coefficient (Wildman–Crippen LogP) is 4.75. The quantitative estimate of drug-likeness (QED) is 0.587. The van der Waals surface area contributed by atoms with E-state index in [0.717, 1.165) is 32.5 Å². The molecule has 1 nitrogen and oxygen atoms in total. The first kappa shape index (κ1) is 14.7. The van der Waals surface area contributed by atoms with Gasteiger partial charge in [-0.1, -0.05) is 54.2 Å². The van der Waals surface area contributed by atoms with Crippen LogP contribution in [0.2, 0.25) is 0 Å². The highest BCUT2D eigenvalue weighted by atomic mass is 16.5.